The van der Waals surface area contributed by atoms with Gasteiger partial charge in [0.15, 0.2) is 5.78 Å². The van der Waals surface area contributed by atoms with Gasteiger partial charge in [0.1, 0.15) is 0 Å². The summed E-state index contributed by atoms with van der Waals surface area (Å²) in [6.07, 6.45) is 6.41. The van der Waals surface area contributed by atoms with Crippen LogP contribution in [0.1, 0.15) is 39.5 Å². The van der Waals surface area contributed by atoms with Gasteiger partial charge in [0.05, 0.1) is 6.10 Å². The Hall–Kier alpha value is -0.630. The third-order valence-corrected chi connectivity index (χ3v) is 1.52. The third kappa shape index (κ3) is 7.48. The largest absolute Gasteiger partial charge is 0.393 e. The zero-order valence-electron chi connectivity index (χ0n) is 7.92. The fourth-order valence-electron chi connectivity index (χ4n) is 0.896. The summed E-state index contributed by atoms with van der Waals surface area (Å²) in [5, 5.41) is 8.87. The second-order valence-electron chi connectivity index (χ2n) is 3.06. The zero-order valence-corrected chi connectivity index (χ0v) is 7.92. The SMILES string of the molecule is CCCC/C=C/C(=O)CC(C)O. The molecule has 0 heterocycles. The lowest BCUT2D eigenvalue weighted by molar-refractivity contribution is -0.116. The number of allylic oxidation sites excluding steroid dienone is 2. The maximum Gasteiger partial charge on any atom is 0.157 e. The van der Waals surface area contributed by atoms with Crippen LogP contribution in [0.4, 0.5) is 0 Å². The first-order chi connectivity index (χ1) is 5.66. The van der Waals surface area contributed by atoms with Crippen LogP contribution in [-0.4, -0.2) is 17.0 Å². The molecule has 0 saturated heterocycles. The molecule has 0 bridgehead atoms. The molecule has 0 amide bonds. The van der Waals surface area contributed by atoms with Crippen LogP contribution in [0.25, 0.3) is 0 Å². The number of carbonyl (C=O) groups is 1. The molecule has 0 aromatic rings. The van der Waals surface area contributed by atoms with E-state index in [0.29, 0.717) is 0 Å². The van der Waals surface area contributed by atoms with Crippen molar-refractivity contribution in [1.82, 2.24) is 0 Å². The Morgan fingerprint density at radius 1 is 1.58 bits per heavy atom. The van der Waals surface area contributed by atoms with Crippen LogP contribution < -0.4 is 0 Å². The summed E-state index contributed by atoms with van der Waals surface area (Å²) in [7, 11) is 0. The Labute approximate surface area is 74.3 Å². The van der Waals surface area contributed by atoms with Gasteiger partial charge in [-0.05, 0) is 19.4 Å². The van der Waals surface area contributed by atoms with E-state index in [2.05, 4.69) is 6.92 Å². The first kappa shape index (κ1) is 11.4. The Balaban J connectivity index is 3.47. The van der Waals surface area contributed by atoms with Crippen molar-refractivity contribution in [2.75, 3.05) is 0 Å². The second-order valence-corrected chi connectivity index (χ2v) is 3.06. The highest BCUT2D eigenvalue weighted by Crippen LogP contribution is 1.97. The summed E-state index contributed by atoms with van der Waals surface area (Å²) < 4.78 is 0. The van der Waals surface area contributed by atoms with E-state index in [1.54, 1.807) is 13.0 Å². The molecule has 0 aliphatic carbocycles. The molecule has 1 unspecified atom stereocenters. The predicted octanol–water partition coefficient (Wildman–Crippen LogP) is 2.07. The number of hydrogen-bond acceptors (Lipinski definition) is 2. The Morgan fingerprint density at radius 2 is 2.25 bits per heavy atom. The van der Waals surface area contributed by atoms with Crippen molar-refractivity contribution in [3.63, 3.8) is 0 Å². The van der Waals surface area contributed by atoms with Crippen molar-refractivity contribution in [1.29, 1.82) is 0 Å². The number of carbonyl (C=O) groups excluding carboxylic acids is 1. The quantitative estimate of drug-likeness (QED) is 0.489. The molecule has 0 aliphatic heterocycles. The van der Waals surface area contributed by atoms with Crippen molar-refractivity contribution < 1.29 is 9.90 Å². The van der Waals surface area contributed by atoms with Gasteiger partial charge in [-0.15, -0.1) is 0 Å². The molecule has 0 aromatic carbocycles. The van der Waals surface area contributed by atoms with Gasteiger partial charge in [-0.3, -0.25) is 4.79 Å². The molecule has 0 aromatic heterocycles. The van der Waals surface area contributed by atoms with E-state index < -0.39 is 6.10 Å². The molecule has 2 heteroatoms. The van der Waals surface area contributed by atoms with Crippen molar-refractivity contribution in [3.05, 3.63) is 12.2 Å². The number of aliphatic hydroxyl groups is 1. The summed E-state index contributed by atoms with van der Waals surface area (Å²) in [5.74, 6) is 0.0149. The molecule has 12 heavy (non-hydrogen) atoms. The van der Waals surface area contributed by atoms with Crippen LogP contribution in [-0.2, 0) is 4.79 Å². The molecular weight excluding hydrogens is 152 g/mol. The number of unbranched alkanes of at least 4 members (excludes halogenated alkanes) is 2. The molecule has 0 radical (unpaired) electrons. The van der Waals surface area contributed by atoms with Gasteiger partial charge in [0, 0.05) is 6.42 Å². The zero-order chi connectivity index (χ0) is 9.40. The minimum absolute atomic E-state index is 0.0149. The highest BCUT2D eigenvalue weighted by molar-refractivity contribution is 5.89. The lowest BCUT2D eigenvalue weighted by Gasteiger charge is -1.97. The Bertz CT molecular complexity index is 148. The van der Waals surface area contributed by atoms with Crippen LogP contribution in [0, 0.1) is 0 Å². The maximum atomic E-state index is 11.0. The fourth-order valence-corrected chi connectivity index (χ4v) is 0.896. The van der Waals surface area contributed by atoms with Crippen LogP contribution in [0.2, 0.25) is 0 Å². The normalized spacial score (nSPS) is 13.6. The molecule has 0 fully saturated rings. The molecule has 0 aliphatic rings. The van der Waals surface area contributed by atoms with Crippen LogP contribution in [0.3, 0.4) is 0 Å². The summed E-state index contributed by atoms with van der Waals surface area (Å²) in [5.41, 5.74) is 0. The third-order valence-electron chi connectivity index (χ3n) is 1.52. The lowest BCUT2D eigenvalue weighted by atomic mass is 10.1. The van der Waals surface area contributed by atoms with Crippen molar-refractivity contribution >= 4 is 5.78 Å². The number of ketones is 1. The van der Waals surface area contributed by atoms with Crippen molar-refractivity contribution in [3.8, 4) is 0 Å². The van der Waals surface area contributed by atoms with Crippen LogP contribution in [0.15, 0.2) is 12.2 Å². The predicted molar refractivity (Wildman–Crippen MR) is 50.0 cm³/mol. The second kappa shape index (κ2) is 7.04. The topological polar surface area (TPSA) is 37.3 Å². The van der Waals surface area contributed by atoms with Gasteiger partial charge in [0.2, 0.25) is 0 Å². The van der Waals surface area contributed by atoms with Gasteiger partial charge in [-0.25, -0.2) is 0 Å². The van der Waals surface area contributed by atoms with Gasteiger partial charge in [-0.2, -0.15) is 0 Å². The minimum Gasteiger partial charge on any atom is -0.393 e. The van der Waals surface area contributed by atoms with E-state index in [9.17, 15) is 4.79 Å². The van der Waals surface area contributed by atoms with Crippen molar-refractivity contribution in [2.24, 2.45) is 0 Å². The lowest BCUT2D eigenvalue weighted by Crippen LogP contribution is -2.06. The Kier molecular flexibility index (Phi) is 6.67. The molecule has 2 nitrogen and oxygen atoms in total. The highest BCUT2D eigenvalue weighted by Gasteiger charge is 2.00. The standard InChI is InChI=1S/C10H18O2/c1-3-4-5-6-7-10(12)8-9(2)11/h6-7,9,11H,3-5,8H2,1-2H3/b7-6+. The van der Waals surface area contributed by atoms with Gasteiger partial charge >= 0.3 is 0 Å². The fraction of sp³-hybridized carbons (Fsp3) is 0.700. The van der Waals surface area contributed by atoms with E-state index >= 15 is 0 Å². The van der Waals surface area contributed by atoms with E-state index in [-0.39, 0.29) is 12.2 Å². The molecule has 0 rings (SSSR count). The molecule has 0 spiro atoms. The van der Waals surface area contributed by atoms with Crippen LogP contribution in [0.5, 0.6) is 0 Å². The maximum absolute atomic E-state index is 11.0. The van der Waals surface area contributed by atoms with Gasteiger partial charge < -0.3 is 5.11 Å². The smallest absolute Gasteiger partial charge is 0.157 e. The molecule has 0 saturated carbocycles. The monoisotopic (exact) mass is 170 g/mol. The van der Waals surface area contributed by atoms with Gasteiger partial charge in [-0.1, -0.05) is 25.8 Å². The number of rotatable bonds is 6. The van der Waals surface area contributed by atoms with Crippen molar-refractivity contribution in [2.45, 2.75) is 45.6 Å². The van der Waals surface area contributed by atoms with Crippen LogP contribution >= 0.6 is 0 Å². The molecule has 70 valence electrons. The minimum atomic E-state index is -0.520. The number of aliphatic hydroxyl groups excluding tert-OH is 1. The Morgan fingerprint density at radius 3 is 2.75 bits per heavy atom. The van der Waals surface area contributed by atoms with E-state index in [1.807, 2.05) is 6.08 Å². The van der Waals surface area contributed by atoms with E-state index in [1.165, 1.54) is 0 Å². The first-order valence-corrected chi connectivity index (χ1v) is 4.54. The number of hydrogen-bond donors (Lipinski definition) is 1. The summed E-state index contributed by atoms with van der Waals surface area (Å²) in [6, 6.07) is 0. The van der Waals surface area contributed by atoms with Gasteiger partial charge in [0.25, 0.3) is 0 Å². The molecule has 1 N–H and O–H groups in total. The first-order valence-electron chi connectivity index (χ1n) is 4.54. The summed E-state index contributed by atoms with van der Waals surface area (Å²) in [6.45, 7) is 3.74. The van der Waals surface area contributed by atoms with E-state index in [0.717, 1.165) is 19.3 Å². The summed E-state index contributed by atoms with van der Waals surface area (Å²) in [4.78, 5) is 11.0. The summed E-state index contributed by atoms with van der Waals surface area (Å²) >= 11 is 0. The highest BCUT2D eigenvalue weighted by atomic mass is 16.3. The average molecular weight is 170 g/mol. The van der Waals surface area contributed by atoms with E-state index in [4.69, 9.17) is 5.11 Å². The molecular formula is C10H18O2. The molecule has 1 atom stereocenters. The average Bonchev–Trinajstić information content (AvgIpc) is 1.97.